The molecule has 0 saturated heterocycles. The molecule has 6 heteroatoms. The molecule has 0 amide bonds. The first-order chi connectivity index (χ1) is 12.6. The van der Waals surface area contributed by atoms with Gasteiger partial charge in [-0.3, -0.25) is 9.59 Å². The third-order valence-electron chi connectivity index (χ3n) is 3.58. The van der Waals surface area contributed by atoms with Crippen LogP contribution in [-0.4, -0.2) is 55.2 Å². The van der Waals surface area contributed by atoms with Gasteiger partial charge in [0.05, 0.1) is 18.8 Å². The Bertz CT molecular complexity index is 634. The van der Waals surface area contributed by atoms with Crippen molar-refractivity contribution in [2.24, 2.45) is 0 Å². The summed E-state index contributed by atoms with van der Waals surface area (Å²) in [4.78, 5) is 26.0. The Morgan fingerprint density at radius 1 is 1.19 bits per heavy atom. The molecule has 0 fully saturated rings. The molecule has 0 aliphatic rings. The van der Waals surface area contributed by atoms with E-state index in [0.717, 1.165) is 0 Å². The van der Waals surface area contributed by atoms with Crippen molar-refractivity contribution >= 4 is 11.8 Å². The van der Waals surface area contributed by atoms with Gasteiger partial charge in [0.25, 0.3) is 0 Å². The molecule has 0 radical (unpaired) electrons. The Balaban J connectivity index is 2.87. The number of rotatable bonds is 10. The molecule has 1 aromatic carbocycles. The summed E-state index contributed by atoms with van der Waals surface area (Å²) >= 11 is 0. The second-order valence-corrected chi connectivity index (χ2v) is 7.17. The molecule has 1 rings (SSSR count). The minimum absolute atomic E-state index is 0.0361. The molecule has 0 aliphatic heterocycles. The summed E-state index contributed by atoms with van der Waals surface area (Å²) in [5, 5.41) is 0. The highest BCUT2D eigenvalue weighted by atomic mass is 16.5. The van der Waals surface area contributed by atoms with Crippen molar-refractivity contribution in [2.45, 2.75) is 46.3 Å². The van der Waals surface area contributed by atoms with Gasteiger partial charge in [-0.15, -0.1) is 0 Å². The Labute approximate surface area is 162 Å². The zero-order chi connectivity index (χ0) is 20.4. The zero-order valence-electron chi connectivity index (χ0n) is 17.2. The molecule has 0 bridgehead atoms. The smallest absolute Gasteiger partial charge is 0.325 e. The quantitative estimate of drug-likeness (QED) is 0.461. The van der Waals surface area contributed by atoms with Crippen molar-refractivity contribution in [3.8, 4) is 5.75 Å². The summed E-state index contributed by atoms with van der Waals surface area (Å²) in [6.45, 7) is 9.78. The fraction of sp³-hybridized carbons (Fsp3) is 0.524. The van der Waals surface area contributed by atoms with Crippen LogP contribution in [0.1, 0.15) is 34.6 Å². The molecule has 0 spiro atoms. The summed E-state index contributed by atoms with van der Waals surface area (Å²) in [5.41, 5.74) is 0.213. The first-order valence-electron chi connectivity index (χ1n) is 9.09. The largest absolute Gasteiger partial charge is 0.483 e. The van der Waals surface area contributed by atoms with E-state index in [4.69, 9.17) is 14.2 Å². The van der Waals surface area contributed by atoms with Gasteiger partial charge >= 0.3 is 5.97 Å². The van der Waals surface area contributed by atoms with E-state index in [2.05, 4.69) is 0 Å². The number of hydrogen-bond acceptors (Lipinski definition) is 6. The van der Waals surface area contributed by atoms with Crippen molar-refractivity contribution in [1.29, 1.82) is 0 Å². The monoisotopic (exact) mass is 377 g/mol. The second-order valence-electron chi connectivity index (χ2n) is 7.17. The van der Waals surface area contributed by atoms with Crippen molar-refractivity contribution in [2.75, 3.05) is 26.8 Å². The second kappa shape index (κ2) is 10.7. The van der Waals surface area contributed by atoms with E-state index >= 15 is 0 Å². The third kappa shape index (κ3) is 9.24. The highest BCUT2D eigenvalue weighted by Gasteiger charge is 2.19. The van der Waals surface area contributed by atoms with Crippen molar-refractivity contribution in [3.05, 3.63) is 42.1 Å². The number of likely N-dealkylation sites (N-methyl/N-ethyl adjacent to an activating group) is 1. The molecule has 27 heavy (non-hydrogen) atoms. The average Bonchev–Trinajstić information content (AvgIpc) is 2.58. The molecule has 1 atom stereocenters. The lowest BCUT2D eigenvalue weighted by Crippen LogP contribution is -2.32. The maximum Gasteiger partial charge on any atom is 0.325 e. The minimum Gasteiger partial charge on any atom is -0.483 e. The van der Waals surface area contributed by atoms with E-state index in [9.17, 15) is 9.59 Å². The van der Waals surface area contributed by atoms with Gasteiger partial charge in [0.1, 0.15) is 12.3 Å². The molecule has 1 aromatic rings. The van der Waals surface area contributed by atoms with Gasteiger partial charge in [0, 0.05) is 18.8 Å². The van der Waals surface area contributed by atoms with Crippen LogP contribution in [-0.2, 0) is 19.1 Å². The van der Waals surface area contributed by atoms with Crippen LogP contribution in [0.25, 0.3) is 0 Å². The van der Waals surface area contributed by atoms with Crippen LogP contribution in [0, 0.1) is 0 Å². The summed E-state index contributed by atoms with van der Waals surface area (Å²) in [6, 6.07) is 9.16. The van der Waals surface area contributed by atoms with Gasteiger partial charge < -0.3 is 19.1 Å². The van der Waals surface area contributed by atoms with Crippen LogP contribution in [0.2, 0.25) is 0 Å². The molecule has 6 nitrogen and oxygen atoms in total. The number of ketones is 1. The molecule has 0 aliphatic carbocycles. The predicted octanol–water partition coefficient (Wildman–Crippen LogP) is 3.22. The van der Waals surface area contributed by atoms with Crippen LogP contribution in [0.4, 0.5) is 0 Å². The van der Waals surface area contributed by atoms with Gasteiger partial charge in [-0.2, -0.15) is 0 Å². The molecule has 1 unspecified atom stereocenters. The molecule has 150 valence electrons. The number of para-hydroxylation sites is 1. The Kier molecular flexibility index (Phi) is 9.02. The van der Waals surface area contributed by atoms with Gasteiger partial charge in [0.15, 0.2) is 11.9 Å². The van der Waals surface area contributed by atoms with Crippen LogP contribution < -0.4 is 4.74 Å². The number of carbonyl (C=O) groups excluding carboxylic acids is 2. The van der Waals surface area contributed by atoms with Crippen LogP contribution >= 0.6 is 0 Å². The van der Waals surface area contributed by atoms with E-state index in [-0.39, 0.29) is 30.5 Å². The van der Waals surface area contributed by atoms with Gasteiger partial charge in [-0.25, -0.2) is 0 Å². The SMILES string of the molecule is CCOC(=O)CN(C)C(=CC(=O)C(C)Oc1ccccc1)COC(C)(C)C. The van der Waals surface area contributed by atoms with Gasteiger partial charge in [-0.05, 0) is 46.8 Å². The Morgan fingerprint density at radius 3 is 2.37 bits per heavy atom. The zero-order valence-corrected chi connectivity index (χ0v) is 17.2. The van der Waals surface area contributed by atoms with E-state index in [0.29, 0.717) is 18.1 Å². The van der Waals surface area contributed by atoms with Crippen LogP contribution in [0.3, 0.4) is 0 Å². The molecule has 0 N–H and O–H groups in total. The highest BCUT2D eigenvalue weighted by Crippen LogP contribution is 2.14. The Hall–Kier alpha value is -2.34. The number of ether oxygens (including phenoxy) is 3. The minimum atomic E-state index is -0.659. The normalized spacial score (nSPS) is 13.0. The van der Waals surface area contributed by atoms with Crippen molar-refractivity contribution in [3.63, 3.8) is 0 Å². The average molecular weight is 377 g/mol. The fourth-order valence-corrected chi connectivity index (χ4v) is 2.10. The maximum atomic E-state index is 12.6. The summed E-state index contributed by atoms with van der Waals surface area (Å²) in [6.07, 6.45) is 0.812. The first kappa shape index (κ1) is 22.7. The van der Waals surface area contributed by atoms with E-state index in [1.807, 2.05) is 39.0 Å². The highest BCUT2D eigenvalue weighted by molar-refractivity contribution is 5.94. The van der Waals surface area contributed by atoms with Gasteiger partial charge in [-0.1, -0.05) is 18.2 Å². The third-order valence-corrected chi connectivity index (χ3v) is 3.58. The fourth-order valence-electron chi connectivity index (χ4n) is 2.10. The lowest BCUT2D eigenvalue weighted by atomic mass is 10.2. The van der Waals surface area contributed by atoms with Crippen molar-refractivity contribution < 1.29 is 23.8 Å². The number of benzene rings is 1. The van der Waals surface area contributed by atoms with Crippen LogP contribution in [0.5, 0.6) is 5.75 Å². The standard InChI is InChI=1S/C21H31NO5/c1-7-25-20(24)14-22(6)17(15-26-21(3,4)5)13-19(23)16(2)27-18-11-9-8-10-12-18/h8-13,16H,7,14-15H2,1-6H3. The van der Waals surface area contributed by atoms with Crippen LogP contribution in [0.15, 0.2) is 42.1 Å². The molecule has 0 heterocycles. The lowest BCUT2D eigenvalue weighted by Gasteiger charge is -2.26. The number of hydrogen-bond donors (Lipinski definition) is 0. The number of nitrogens with zero attached hydrogens (tertiary/aromatic N) is 1. The summed E-state index contributed by atoms with van der Waals surface area (Å²) in [5.74, 6) is 0.0592. The van der Waals surface area contributed by atoms with Gasteiger partial charge in [0.2, 0.25) is 0 Å². The van der Waals surface area contributed by atoms with Crippen molar-refractivity contribution in [1.82, 2.24) is 4.90 Å². The summed E-state index contributed by atoms with van der Waals surface area (Å²) < 4.78 is 16.5. The maximum absolute atomic E-state index is 12.6. The topological polar surface area (TPSA) is 65.1 Å². The first-order valence-corrected chi connectivity index (χ1v) is 9.09. The summed E-state index contributed by atoms with van der Waals surface area (Å²) in [7, 11) is 1.73. The number of esters is 1. The van der Waals surface area contributed by atoms with E-state index < -0.39 is 6.10 Å². The lowest BCUT2D eigenvalue weighted by molar-refractivity contribution is -0.143. The van der Waals surface area contributed by atoms with E-state index in [1.165, 1.54) is 6.08 Å². The molecule has 0 saturated carbocycles. The molecule has 0 aromatic heterocycles. The predicted molar refractivity (Wildman–Crippen MR) is 105 cm³/mol. The Morgan fingerprint density at radius 2 is 1.81 bits per heavy atom. The molecular weight excluding hydrogens is 346 g/mol. The molecular formula is C21H31NO5. The van der Waals surface area contributed by atoms with E-state index in [1.54, 1.807) is 37.9 Å². The number of carbonyl (C=O) groups is 2.